The molecular weight excluding hydrogens is 302 g/mol. The zero-order valence-electron chi connectivity index (χ0n) is 11.0. The van der Waals surface area contributed by atoms with Crippen molar-refractivity contribution < 1.29 is 13.9 Å². The van der Waals surface area contributed by atoms with Gasteiger partial charge < -0.3 is 10.4 Å². The molecule has 20 heavy (non-hydrogen) atoms. The molecule has 0 spiro atoms. The summed E-state index contributed by atoms with van der Waals surface area (Å²) in [7, 11) is 1.78. The van der Waals surface area contributed by atoms with Crippen LogP contribution in [0.4, 0.5) is 8.78 Å². The summed E-state index contributed by atoms with van der Waals surface area (Å²) in [5, 5.41) is 12.2. The molecule has 1 aromatic carbocycles. The van der Waals surface area contributed by atoms with Crippen LogP contribution in [0.1, 0.15) is 5.56 Å². The molecule has 110 valence electrons. The van der Waals surface area contributed by atoms with E-state index in [9.17, 15) is 13.9 Å². The second kappa shape index (κ2) is 9.12. The van der Waals surface area contributed by atoms with Gasteiger partial charge in [-0.1, -0.05) is 6.07 Å². The van der Waals surface area contributed by atoms with E-state index < -0.39 is 11.6 Å². The third-order valence-electron chi connectivity index (χ3n) is 2.33. The van der Waals surface area contributed by atoms with E-state index in [-0.39, 0.29) is 17.9 Å². The number of rotatable bonds is 8. The monoisotopic (exact) mass is 318 g/mol. The number of halogens is 2. The fourth-order valence-electron chi connectivity index (χ4n) is 1.33. The highest BCUT2D eigenvalue weighted by molar-refractivity contribution is 8.21. The van der Waals surface area contributed by atoms with Crippen LogP contribution in [0.15, 0.2) is 33.1 Å². The Labute approximate surface area is 125 Å². The van der Waals surface area contributed by atoms with Crippen molar-refractivity contribution in [3.63, 3.8) is 0 Å². The van der Waals surface area contributed by atoms with Gasteiger partial charge in [-0.2, -0.15) is 0 Å². The lowest BCUT2D eigenvalue weighted by Gasteiger charge is -2.10. The van der Waals surface area contributed by atoms with Crippen LogP contribution in [0.2, 0.25) is 0 Å². The second-order valence-corrected chi connectivity index (χ2v) is 5.91. The summed E-state index contributed by atoms with van der Waals surface area (Å²) in [5.41, 5.74) is 0.424. The van der Waals surface area contributed by atoms with Crippen molar-refractivity contribution in [1.82, 2.24) is 5.32 Å². The summed E-state index contributed by atoms with van der Waals surface area (Å²) >= 11 is 2.63. The number of thioether (sulfide) groups is 2. The van der Waals surface area contributed by atoms with E-state index in [1.165, 1.54) is 41.7 Å². The molecule has 0 aliphatic heterocycles. The van der Waals surface area contributed by atoms with Gasteiger partial charge >= 0.3 is 0 Å². The molecule has 0 amide bonds. The molecule has 0 saturated carbocycles. The summed E-state index contributed by atoms with van der Waals surface area (Å²) in [6.07, 6.45) is 0. The van der Waals surface area contributed by atoms with Crippen LogP contribution < -0.4 is 5.32 Å². The Hall–Kier alpha value is -0.890. The predicted molar refractivity (Wildman–Crippen MR) is 82.8 cm³/mol. The SMILES string of the molecule is C=N/C(CO)=C(\SCNC)SCc1c(F)cccc1F. The molecule has 7 heteroatoms. The Kier molecular flexibility index (Phi) is 7.83. The maximum Gasteiger partial charge on any atom is 0.130 e. The molecule has 2 N–H and O–H groups in total. The molecular formula is C13H16F2N2OS2. The van der Waals surface area contributed by atoms with Gasteiger partial charge in [0.15, 0.2) is 0 Å². The largest absolute Gasteiger partial charge is 0.390 e. The summed E-state index contributed by atoms with van der Waals surface area (Å²) in [6, 6.07) is 3.78. The molecule has 0 unspecified atom stereocenters. The molecule has 0 atom stereocenters. The third-order valence-corrected chi connectivity index (χ3v) is 4.90. The van der Waals surface area contributed by atoms with Crippen LogP contribution >= 0.6 is 23.5 Å². The quantitative estimate of drug-likeness (QED) is 0.571. The maximum atomic E-state index is 13.5. The fourth-order valence-corrected chi connectivity index (χ4v) is 3.44. The van der Waals surface area contributed by atoms with Gasteiger partial charge in [0.25, 0.3) is 0 Å². The minimum absolute atomic E-state index is 0.0152. The van der Waals surface area contributed by atoms with Gasteiger partial charge in [-0.15, -0.1) is 23.5 Å². The molecule has 1 rings (SSSR count). The molecule has 0 bridgehead atoms. The molecule has 0 aliphatic rings. The average Bonchev–Trinajstić information content (AvgIpc) is 2.44. The van der Waals surface area contributed by atoms with Crippen molar-refractivity contribution in [2.45, 2.75) is 5.75 Å². The predicted octanol–water partition coefficient (Wildman–Crippen LogP) is 2.97. The van der Waals surface area contributed by atoms with Crippen LogP contribution in [0.5, 0.6) is 0 Å². The molecule has 0 aliphatic carbocycles. The summed E-state index contributed by atoms with van der Waals surface area (Å²) in [4.78, 5) is 3.74. The van der Waals surface area contributed by atoms with E-state index in [4.69, 9.17) is 0 Å². The van der Waals surface area contributed by atoms with Crippen molar-refractivity contribution in [2.24, 2.45) is 4.99 Å². The normalized spacial score (nSPS) is 12.2. The van der Waals surface area contributed by atoms with Crippen LogP contribution in [0.3, 0.4) is 0 Å². The lowest BCUT2D eigenvalue weighted by molar-refractivity contribution is 0.330. The van der Waals surface area contributed by atoms with Crippen LogP contribution in [-0.4, -0.2) is 31.4 Å². The molecule has 0 radical (unpaired) electrons. The van der Waals surface area contributed by atoms with Gasteiger partial charge in [-0.3, -0.25) is 4.99 Å². The first-order valence-electron chi connectivity index (χ1n) is 5.77. The van der Waals surface area contributed by atoms with Gasteiger partial charge in [0.05, 0.1) is 16.5 Å². The average molecular weight is 318 g/mol. The summed E-state index contributed by atoms with van der Waals surface area (Å²) < 4.78 is 27.8. The number of nitrogens with one attached hydrogen (secondary N) is 1. The topological polar surface area (TPSA) is 44.6 Å². The molecule has 0 fully saturated rings. The number of aliphatic hydroxyl groups excluding tert-OH is 1. The van der Waals surface area contributed by atoms with Crippen molar-refractivity contribution in [1.29, 1.82) is 0 Å². The highest BCUT2D eigenvalue weighted by atomic mass is 32.2. The standard InChI is InChI=1S/C13H16F2N2OS2/c1-16-8-20-13(12(6-18)17-2)19-7-9-10(14)4-3-5-11(9)15/h3-5,16,18H,2,6-8H2,1H3/b13-12-. The van der Waals surface area contributed by atoms with E-state index in [0.29, 0.717) is 15.8 Å². The van der Waals surface area contributed by atoms with Crippen LogP contribution in [-0.2, 0) is 5.75 Å². The number of hydrogen-bond acceptors (Lipinski definition) is 5. The van der Waals surface area contributed by atoms with Crippen LogP contribution in [0.25, 0.3) is 0 Å². The number of hydrogen-bond donors (Lipinski definition) is 2. The summed E-state index contributed by atoms with van der Waals surface area (Å²) in [5.74, 6) is -0.426. The van der Waals surface area contributed by atoms with Gasteiger partial charge in [-0.05, 0) is 25.9 Å². The Morgan fingerprint density at radius 3 is 2.50 bits per heavy atom. The number of aliphatic hydroxyl groups is 1. The number of benzene rings is 1. The maximum absolute atomic E-state index is 13.5. The minimum Gasteiger partial charge on any atom is -0.390 e. The highest BCUT2D eigenvalue weighted by Crippen LogP contribution is 2.34. The van der Waals surface area contributed by atoms with Gasteiger partial charge in [0, 0.05) is 17.2 Å². The molecule has 1 aromatic rings. The second-order valence-electron chi connectivity index (χ2n) is 3.68. The number of nitrogens with zero attached hydrogens (tertiary/aromatic N) is 1. The van der Waals surface area contributed by atoms with E-state index in [1.54, 1.807) is 7.05 Å². The molecule has 0 heterocycles. The van der Waals surface area contributed by atoms with Crippen molar-refractivity contribution in [3.05, 3.63) is 45.3 Å². The van der Waals surface area contributed by atoms with Crippen molar-refractivity contribution in [2.75, 3.05) is 19.5 Å². The minimum atomic E-state index is -0.576. The Bertz CT molecular complexity index is 475. The van der Waals surface area contributed by atoms with Gasteiger partial charge in [0.2, 0.25) is 0 Å². The van der Waals surface area contributed by atoms with E-state index in [1.807, 2.05) is 0 Å². The number of aliphatic imine (C=N–C) groups is 1. The van der Waals surface area contributed by atoms with Gasteiger partial charge in [0.1, 0.15) is 11.6 Å². The first kappa shape index (κ1) is 17.2. The molecule has 3 nitrogen and oxygen atoms in total. The van der Waals surface area contributed by atoms with Gasteiger partial charge in [-0.25, -0.2) is 8.78 Å². The van der Waals surface area contributed by atoms with E-state index in [2.05, 4.69) is 17.0 Å². The Morgan fingerprint density at radius 2 is 2.00 bits per heavy atom. The fraction of sp³-hybridized carbons (Fsp3) is 0.308. The lowest BCUT2D eigenvalue weighted by atomic mass is 10.2. The Morgan fingerprint density at radius 1 is 1.35 bits per heavy atom. The van der Waals surface area contributed by atoms with E-state index in [0.717, 1.165) is 0 Å². The molecule has 0 saturated heterocycles. The third kappa shape index (κ3) is 4.90. The van der Waals surface area contributed by atoms with Crippen LogP contribution in [0, 0.1) is 11.6 Å². The van der Waals surface area contributed by atoms with Crippen molar-refractivity contribution in [3.8, 4) is 0 Å². The lowest BCUT2D eigenvalue weighted by Crippen LogP contribution is -2.04. The summed E-state index contributed by atoms with van der Waals surface area (Å²) in [6.45, 7) is 3.13. The first-order chi connectivity index (χ1) is 9.63. The zero-order chi connectivity index (χ0) is 15.0. The van der Waals surface area contributed by atoms with E-state index >= 15 is 0 Å². The highest BCUT2D eigenvalue weighted by Gasteiger charge is 2.12. The van der Waals surface area contributed by atoms with Crippen molar-refractivity contribution >= 4 is 30.2 Å². The molecule has 0 aromatic heterocycles. The first-order valence-corrected chi connectivity index (χ1v) is 7.75. The zero-order valence-corrected chi connectivity index (χ0v) is 12.7. The smallest absolute Gasteiger partial charge is 0.130 e. The Balaban J connectivity index is 2.86.